The molecule has 0 radical (unpaired) electrons. The molecule has 1 amide bonds. The Hall–Kier alpha value is -1.62. The van der Waals surface area contributed by atoms with Crippen molar-refractivity contribution in [3.63, 3.8) is 0 Å². The van der Waals surface area contributed by atoms with Crippen molar-refractivity contribution in [1.82, 2.24) is 10.5 Å². The lowest BCUT2D eigenvalue weighted by Gasteiger charge is -2.14. The minimum atomic E-state index is -0.302. The number of pyridine rings is 1. The van der Waals surface area contributed by atoms with Crippen molar-refractivity contribution in [2.75, 3.05) is 26.1 Å². The van der Waals surface area contributed by atoms with Crippen LogP contribution in [0.4, 0.5) is 5.82 Å². The molecule has 1 N–H and O–H groups in total. The molecule has 0 spiro atoms. The summed E-state index contributed by atoms with van der Waals surface area (Å²) in [6.07, 6.45) is 1.64. The van der Waals surface area contributed by atoms with E-state index in [0.29, 0.717) is 11.4 Å². The molecule has 1 rings (SSSR count). The summed E-state index contributed by atoms with van der Waals surface area (Å²) in [6, 6.07) is 3.40. The molecule has 0 atom stereocenters. The number of hydrogen-bond acceptors (Lipinski definition) is 4. The molecule has 1 aromatic heterocycles. The summed E-state index contributed by atoms with van der Waals surface area (Å²) >= 11 is 0. The van der Waals surface area contributed by atoms with Gasteiger partial charge in [0.05, 0.1) is 12.7 Å². The first kappa shape index (κ1) is 10.5. The van der Waals surface area contributed by atoms with Crippen molar-refractivity contribution in [2.24, 2.45) is 0 Å². The standard InChI is InChI=1S/C9H13N3O2/c1-12(2)8-7(5-4-6-10-8)9(13)11-14-3/h4-6H,1-3H3,(H,11,13). The molecule has 0 aliphatic rings. The van der Waals surface area contributed by atoms with Crippen LogP contribution in [0.25, 0.3) is 0 Å². The number of carbonyl (C=O) groups is 1. The Labute approximate surface area is 82.6 Å². The van der Waals surface area contributed by atoms with Crippen LogP contribution < -0.4 is 10.4 Å². The van der Waals surface area contributed by atoms with Gasteiger partial charge in [0.25, 0.3) is 5.91 Å². The number of rotatable bonds is 3. The number of aromatic nitrogens is 1. The fraction of sp³-hybridized carbons (Fsp3) is 0.333. The van der Waals surface area contributed by atoms with Crippen LogP contribution in [-0.2, 0) is 4.84 Å². The molecule has 76 valence electrons. The molecule has 1 heterocycles. The first-order valence-electron chi connectivity index (χ1n) is 4.12. The predicted octanol–water partition coefficient (Wildman–Crippen LogP) is 0.439. The van der Waals surface area contributed by atoms with Crippen LogP contribution in [-0.4, -0.2) is 32.1 Å². The summed E-state index contributed by atoms with van der Waals surface area (Å²) in [5, 5.41) is 0. The van der Waals surface area contributed by atoms with Crippen LogP contribution in [0.1, 0.15) is 10.4 Å². The van der Waals surface area contributed by atoms with Crippen LogP contribution in [0.15, 0.2) is 18.3 Å². The first-order chi connectivity index (χ1) is 6.66. The number of anilines is 1. The predicted molar refractivity (Wildman–Crippen MR) is 53.0 cm³/mol. The molecule has 0 bridgehead atoms. The normalized spacial score (nSPS) is 9.64. The summed E-state index contributed by atoms with van der Waals surface area (Å²) in [7, 11) is 5.04. The number of nitrogens with one attached hydrogen (secondary N) is 1. The van der Waals surface area contributed by atoms with E-state index in [4.69, 9.17) is 0 Å². The molecule has 0 aromatic carbocycles. The fourth-order valence-corrected chi connectivity index (χ4v) is 1.08. The number of amides is 1. The smallest absolute Gasteiger partial charge is 0.278 e. The second kappa shape index (κ2) is 4.57. The van der Waals surface area contributed by atoms with Crippen LogP contribution >= 0.6 is 0 Å². The lowest BCUT2D eigenvalue weighted by Crippen LogP contribution is -2.25. The first-order valence-corrected chi connectivity index (χ1v) is 4.12. The van der Waals surface area contributed by atoms with Crippen molar-refractivity contribution in [2.45, 2.75) is 0 Å². The van der Waals surface area contributed by atoms with Crippen LogP contribution in [0.2, 0.25) is 0 Å². The Morgan fingerprint density at radius 3 is 2.86 bits per heavy atom. The van der Waals surface area contributed by atoms with Gasteiger partial charge in [-0.3, -0.25) is 9.63 Å². The maximum Gasteiger partial charge on any atom is 0.278 e. The Bertz CT molecular complexity index is 326. The molecule has 0 saturated carbocycles. The second-order valence-electron chi connectivity index (χ2n) is 2.90. The highest BCUT2D eigenvalue weighted by atomic mass is 16.6. The van der Waals surface area contributed by atoms with E-state index in [1.807, 2.05) is 14.1 Å². The van der Waals surface area contributed by atoms with Crippen molar-refractivity contribution in [3.05, 3.63) is 23.9 Å². The van der Waals surface area contributed by atoms with E-state index in [2.05, 4.69) is 15.3 Å². The van der Waals surface area contributed by atoms with Crippen LogP contribution in [0.5, 0.6) is 0 Å². The highest BCUT2D eigenvalue weighted by Gasteiger charge is 2.12. The van der Waals surface area contributed by atoms with E-state index in [-0.39, 0.29) is 5.91 Å². The van der Waals surface area contributed by atoms with Crippen molar-refractivity contribution < 1.29 is 9.63 Å². The van der Waals surface area contributed by atoms with E-state index in [1.165, 1.54) is 7.11 Å². The molecule has 14 heavy (non-hydrogen) atoms. The SMILES string of the molecule is CONC(=O)c1cccnc1N(C)C. The van der Waals surface area contributed by atoms with Gasteiger partial charge in [0.2, 0.25) is 0 Å². The van der Waals surface area contributed by atoms with Gasteiger partial charge in [0.15, 0.2) is 0 Å². The van der Waals surface area contributed by atoms with E-state index >= 15 is 0 Å². The Balaban J connectivity index is 3.00. The zero-order chi connectivity index (χ0) is 10.6. The highest BCUT2D eigenvalue weighted by Crippen LogP contribution is 2.13. The molecule has 0 saturated heterocycles. The molecular formula is C9H13N3O2. The Morgan fingerprint density at radius 1 is 1.57 bits per heavy atom. The maximum absolute atomic E-state index is 11.5. The lowest BCUT2D eigenvalue weighted by molar-refractivity contribution is 0.0538. The zero-order valence-corrected chi connectivity index (χ0v) is 8.44. The number of hydrogen-bond donors (Lipinski definition) is 1. The summed E-state index contributed by atoms with van der Waals surface area (Å²) in [5.74, 6) is 0.311. The van der Waals surface area contributed by atoms with Crippen LogP contribution in [0, 0.1) is 0 Å². The molecule has 5 heteroatoms. The highest BCUT2D eigenvalue weighted by molar-refractivity contribution is 5.98. The van der Waals surface area contributed by atoms with Gasteiger partial charge < -0.3 is 4.90 Å². The van der Waals surface area contributed by atoms with Gasteiger partial charge in [-0.1, -0.05) is 0 Å². The topological polar surface area (TPSA) is 54.5 Å². The van der Waals surface area contributed by atoms with E-state index in [9.17, 15) is 4.79 Å². The fourth-order valence-electron chi connectivity index (χ4n) is 1.08. The second-order valence-corrected chi connectivity index (χ2v) is 2.90. The summed E-state index contributed by atoms with van der Waals surface area (Å²) in [6.45, 7) is 0. The van der Waals surface area contributed by atoms with E-state index < -0.39 is 0 Å². The van der Waals surface area contributed by atoms with Crippen molar-refractivity contribution in [3.8, 4) is 0 Å². The number of carbonyl (C=O) groups excluding carboxylic acids is 1. The third-order valence-electron chi connectivity index (χ3n) is 1.65. The molecule has 1 aromatic rings. The number of hydroxylamine groups is 1. The average Bonchev–Trinajstić information content (AvgIpc) is 2.18. The third kappa shape index (κ3) is 2.20. The minimum Gasteiger partial charge on any atom is -0.362 e. The summed E-state index contributed by atoms with van der Waals surface area (Å²) in [5.41, 5.74) is 2.74. The van der Waals surface area contributed by atoms with Gasteiger partial charge in [-0.05, 0) is 12.1 Å². The molecule has 0 aliphatic heterocycles. The largest absolute Gasteiger partial charge is 0.362 e. The monoisotopic (exact) mass is 195 g/mol. The minimum absolute atomic E-state index is 0.302. The van der Waals surface area contributed by atoms with E-state index in [1.54, 1.807) is 23.2 Å². The van der Waals surface area contributed by atoms with Crippen LogP contribution in [0.3, 0.4) is 0 Å². The number of nitrogens with zero attached hydrogens (tertiary/aromatic N) is 2. The van der Waals surface area contributed by atoms with Gasteiger partial charge in [0.1, 0.15) is 5.82 Å². The Kier molecular flexibility index (Phi) is 3.41. The Morgan fingerprint density at radius 2 is 2.29 bits per heavy atom. The summed E-state index contributed by atoms with van der Waals surface area (Å²) in [4.78, 5) is 21.9. The van der Waals surface area contributed by atoms with Gasteiger partial charge in [-0.15, -0.1) is 0 Å². The quantitative estimate of drug-likeness (QED) is 0.711. The van der Waals surface area contributed by atoms with Crippen molar-refractivity contribution in [1.29, 1.82) is 0 Å². The molecular weight excluding hydrogens is 182 g/mol. The zero-order valence-electron chi connectivity index (χ0n) is 8.44. The average molecular weight is 195 g/mol. The van der Waals surface area contributed by atoms with E-state index in [0.717, 1.165) is 0 Å². The third-order valence-corrected chi connectivity index (χ3v) is 1.65. The summed E-state index contributed by atoms with van der Waals surface area (Å²) < 4.78 is 0. The lowest BCUT2D eigenvalue weighted by atomic mass is 10.2. The van der Waals surface area contributed by atoms with Crippen molar-refractivity contribution >= 4 is 11.7 Å². The van der Waals surface area contributed by atoms with Gasteiger partial charge in [-0.25, -0.2) is 10.5 Å². The van der Waals surface area contributed by atoms with Gasteiger partial charge in [0, 0.05) is 20.3 Å². The van der Waals surface area contributed by atoms with Gasteiger partial charge >= 0.3 is 0 Å². The molecule has 0 aliphatic carbocycles. The maximum atomic E-state index is 11.5. The molecule has 0 fully saturated rings. The van der Waals surface area contributed by atoms with Gasteiger partial charge in [-0.2, -0.15) is 0 Å². The molecule has 5 nitrogen and oxygen atoms in total. The molecule has 0 unspecified atom stereocenters.